The first-order valence-corrected chi connectivity index (χ1v) is 6.54. The molecule has 0 radical (unpaired) electrons. The van der Waals surface area contributed by atoms with Crippen molar-refractivity contribution in [2.75, 3.05) is 5.32 Å². The Morgan fingerprint density at radius 2 is 1.95 bits per heavy atom. The molecule has 2 rings (SSSR count). The lowest BCUT2D eigenvalue weighted by Crippen LogP contribution is -2.24. The second-order valence-corrected chi connectivity index (χ2v) is 4.68. The summed E-state index contributed by atoms with van der Waals surface area (Å²) in [6, 6.07) is 9.59. The fourth-order valence-corrected chi connectivity index (χ4v) is 2.21. The van der Waals surface area contributed by atoms with Gasteiger partial charge in [0.1, 0.15) is 0 Å². The molecule has 1 aromatic carbocycles. The van der Waals surface area contributed by atoms with Crippen molar-refractivity contribution in [1.29, 1.82) is 0 Å². The molecule has 0 saturated heterocycles. The zero-order valence-electron chi connectivity index (χ0n) is 9.96. The maximum absolute atomic E-state index is 11.4. The predicted molar refractivity (Wildman–Crippen MR) is 70.4 cm³/mol. The first-order valence-electron chi connectivity index (χ1n) is 5.66. The first-order chi connectivity index (χ1) is 9.15. The number of rotatable bonds is 5. The van der Waals surface area contributed by atoms with Gasteiger partial charge in [-0.2, -0.15) is 0 Å². The summed E-state index contributed by atoms with van der Waals surface area (Å²) in [6.45, 7) is 0. The van der Waals surface area contributed by atoms with Crippen molar-refractivity contribution in [3.63, 3.8) is 0 Å². The summed E-state index contributed by atoms with van der Waals surface area (Å²) in [5.41, 5.74) is 1.75. The lowest BCUT2D eigenvalue weighted by Gasteiger charge is -2.02. The van der Waals surface area contributed by atoms with E-state index in [1.54, 1.807) is 0 Å². The van der Waals surface area contributed by atoms with Crippen molar-refractivity contribution in [3.05, 3.63) is 35.7 Å². The van der Waals surface area contributed by atoms with E-state index in [1.165, 1.54) is 11.3 Å². The Balaban J connectivity index is 1.98. The average Bonchev–Trinajstić information content (AvgIpc) is 2.86. The number of carbonyl (C=O) groups excluding carboxylic acids is 2. The molecule has 1 aromatic heterocycles. The van der Waals surface area contributed by atoms with Gasteiger partial charge in [0, 0.05) is 23.3 Å². The van der Waals surface area contributed by atoms with E-state index in [0.717, 1.165) is 11.3 Å². The molecule has 0 aliphatic carbocycles. The molecule has 5 nitrogen and oxygen atoms in total. The summed E-state index contributed by atoms with van der Waals surface area (Å²) in [5, 5.41) is 15.1. The fourth-order valence-electron chi connectivity index (χ4n) is 1.47. The third kappa shape index (κ3) is 3.89. The van der Waals surface area contributed by atoms with E-state index < -0.39 is 5.97 Å². The summed E-state index contributed by atoms with van der Waals surface area (Å²) >= 11 is 1.30. The fraction of sp³-hybridized carbons (Fsp3) is 0.154. The molecule has 0 aliphatic heterocycles. The van der Waals surface area contributed by atoms with Crippen LogP contribution in [0.5, 0.6) is 0 Å². The minimum Gasteiger partial charge on any atom is -0.550 e. The number of aromatic nitrogens is 1. The molecule has 0 bridgehead atoms. The molecule has 0 unspecified atom stereocenters. The number of nitrogens with zero attached hydrogens (tertiary/aromatic N) is 1. The highest BCUT2D eigenvalue weighted by molar-refractivity contribution is 7.14. The van der Waals surface area contributed by atoms with Crippen LogP contribution in [0.15, 0.2) is 35.7 Å². The van der Waals surface area contributed by atoms with Crippen LogP contribution in [-0.2, 0) is 9.59 Å². The van der Waals surface area contributed by atoms with E-state index in [-0.39, 0.29) is 18.7 Å². The number of amides is 1. The quantitative estimate of drug-likeness (QED) is 0.891. The number of carbonyl (C=O) groups is 2. The minimum absolute atomic E-state index is 0.109. The molecule has 0 saturated carbocycles. The molecule has 1 amide bonds. The molecule has 1 heterocycles. The summed E-state index contributed by atoms with van der Waals surface area (Å²) in [4.78, 5) is 25.9. The molecule has 19 heavy (non-hydrogen) atoms. The molecular weight excluding hydrogens is 264 g/mol. The predicted octanol–water partition coefficient (Wildman–Crippen LogP) is 1.28. The first kappa shape index (κ1) is 13.2. The van der Waals surface area contributed by atoms with Crippen LogP contribution >= 0.6 is 11.3 Å². The number of thiazole rings is 1. The van der Waals surface area contributed by atoms with Gasteiger partial charge in [-0.1, -0.05) is 30.3 Å². The molecule has 0 aliphatic rings. The van der Waals surface area contributed by atoms with Crippen LogP contribution in [0, 0.1) is 0 Å². The summed E-state index contributed by atoms with van der Waals surface area (Å²) < 4.78 is 0. The molecule has 2 aromatic rings. The van der Waals surface area contributed by atoms with Crippen LogP contribution in [0.25, 0.3) is 11.3 Å². The monoisotopic (exact) mass is 275 g/mol. The van der Waals surface area contributed by atoms with Gasteiger partial charge in [-0.3, -0.25) is 4.79 Å². The summed E-state index contributed by atoms with van der Waals surface area (Å²) in [7, 11) is 0. The van der Waals surface area contributed by atoms with E-state index in [2.05, 4.69) is 10.3 Å². The van der Waals surface area contributed by atoms with Crippen LogP contribution < -0.4 is 10.4 Å². The topological polar surface area (TPSA) is 82.1 Å². The molecule has 1 N–H and O–H groups in total. The Morgan fingerprint density at radius 3 is 2.63 bits per heavy atom. The van der Waals surface area contributed by atoms with Gasteiger partial charge >= 0.3 is 0 Å². The standard InChI is InChI=1S/C13H12N2O3S/c16-11(6-7-12(17)18)15-13-14-10(8-19-13)9-4-2-1-3-5-9/h1-5,8H,6-7H2,(H,17,18)(H,14,15,16)/p-1. The number of nitrogens with one attached hydrogen (secondary N) is 1. The largest absolute Gasteiger partial charge is 0.550 e. The number of carboxylic acid groups (broad SMARTS) is 1. The Hall–Kier alpha value is -2.21. The van der Waals surface area contributed by atoms with Gasteiger partial charge in [-0.05, 0) is 6.42 Å². The minimum atomic E-state index is -1.24. The number of benzene rings is 1. The van der Waals surface area contributed by atoms with Gasteiger partial charge in [0.2, 0.25) is 5.91 Å². The Kier molecular flexibility index (Phi) is 4.25. The molecule has 0 fully saturated rings. The van der Waals surface area contributed by atoms with Gasteiger partial charge in [-0.25, -0.2) is 4.98 Å². The SMILES string of the molecule is O=C([O-])CCC(=O)Nc1nc(-c2ccccc2)cs1. The zero-order valence-corrected chi connectivity index (χ0v) is 10.8. The van der Waals surface area contributed by atoms with Gasteiger partial charge < -0.3 is 15.2 Å². The molecule has 98 valence electrons. The van der Waals surface area contributed by atoms with E-state index >= 15 is 0 Å². The molecular formula is C13H11N2O3S-. The van der Waals surface area contributed by atoms with Gasteiger partial charge in [-0.15, -0.1) is 11.3 Å². The number of hydrogen-bond donors (Lipinski definition) is 1. The van der Waals surface area contributed by atoms with E-state index in [1.807, 2.05) is 35.7 Å². The maximum atomic E-state index is 11.4. The van der Waals surface area contributed by atoms with Crippen LogP contribution in [0.2, 0.25) is 0 Å². The lowest BCUT2D eigenvalue weighted by atomic mass is 10.2. The highest BCUT2D eigenvalue weighted by atomic mass is 32.1. The maximum Gasteiger partial charge on any atom is 0.226 e. The molecule has 0 atom stereocenters. The van der Waals surface area contributed by atoms with Crippen molar-refractivity contribution < 1.29 is 14.7 Å². The summed E-state index contributed by atoms with van der Waals surface area (Å²) in [6.07, 6.45) is -0.397. The Labute approximate surface area is 113 Å². The van der Waals surface area contributed by atoms with Crippen molar-refractivity contribution in [2.24, 2.45) is 0 Å². The average molecular weight is 275 g/mol. The number of anilines is 1. The van der Waals surface area contributed by atoms with Crippen molar-refractivity contribution >= 4 is 28.3 Å². The summed E-state index contributed by atoms with van der Waals surface area (Å²) in [5.74, 6) is -1.61. The van der Waals surface area contributed by atoms with E-state index in [9.17, 15) is 14.7 Å². The normalized spacial score (nSPS) is 10.1. The van der Waals surface area contributed by atoms with Gasteiger partial charge in [0.15, 0.2) is 5.13 Å². The lowest BCUT2D eigenvalue weighted by molar-refractivity contribution is -0.305. The van der Waals surface area contributed by atoms with Gasteiger partial charge in [0.25, 0.3) is 0 Å². The highest BCUT2D eigenvalue weighted by Crippen LogP contribution is 2.24. The Morgan fingerprint density at radius 1 is 1.21 bits per heavy atom. The smallest absolute Gasteiger partial charge is 0.226 e. The van der Waals surface area contributed by atoms with Crippen molar-refractivity contribution in [1.82, 2.24) is 4.98 Å². The van der Waals surface area contributed by atoms with Gasteiger partial charge in [0.05, 0.1) is 5.69 Å². The number of carboxylic acids is 1. The van der Waals surface area contributed by atoms with Crippen molar-refractivity contribution in [2.45, 2.75) is 12.8 Å². The van der Waals surface area contributed by atoms with Crippen molar-refractivity contribution in [3.8, 4) is 11.3 Å². The third-order valence-electron chi connectivity index (χ3n) is 2.38. The van der Waals surface area contributed by atoms with Crippen LogP contribution in [-0.4, -0.2) is 16.9 Å². The molecule has 0 spiro atoms. The van der Waals surface area contributed by atoms with Crippen LogP contribution in [0.1, 0.15) is 12.8 Å². The third-order valence-corrected chi connectivity index (χ3v) is 3.13. The number of aliphatic carboxylic acids is 1. The Bertz CT molecular complexity index is 581. The molecule has 6 heteroatoms. The number of hydrogen-bond acceptors (Lipinski definition) is 5. The van der Waals surface area contributed by atoms with Crippen LogP contribution in [0.3, 0.4) is 0 Å². The van der Waals surface area contributed by atoms with E-state index in [4.69, 9.17) is 0 Å². The second-order valence-electron chi connectivity index (χ2n) is 3.82. The zero-order chi connectivity index (χ0) is 13.7. The second kappa shape index (κ2) is 6.10. The highest BCUT2D eigenvalue weighted by Gasteiger charge is 2.07. The van der Waals surface area contributed by atoms with E-state index in [0.29, 0.717) is 5.13 Å². The van der Waals surface area contributed by atoms with Crippen LogP contribution in [0.4, 0.5) is 5.13 Å².